The first-order valence-electron chi connectivity index (χ1n) is 9.58. The summed E-state index contributed by atoms with van der Waals surface area (Å²) in [5.41, 5.74) is 2.15. The molecule has 5 nitrogen and oxygen atoms in total. The lowest BCUT2D eigenvalue weighted by molar-refractivity contribution is 0.0988. The van der Waals surface area contributed by atoms with Crippen LogP contribution in [0.5, 0.6) is 0 Å². The van der Waals surface area contributed by atoms with E-state index < -0.39 is 6.04 Å². The molecule has 1 saturated heterocycles. The number of fused-ring (bicyclic) bond motifs is 1. The fourth-order valence-electron chi connectivity index (χ4n) is 4.00. The van der Waals surface area contributed by atoms with Crippen molar-refractivity contribution in [1.29, 1.82) is 0 Å². The highest BCUT2D eigenvalue weighted by Crippen LogP contribution is 2.42. The van der Waals surface area contributed by atoms with Crippen LogP contribution in [0, 0.1) is 6.92 Å². The van der Waals surface area contributed by atoms with Crippen molar-refractivity contribution in [3.8, 4) is 0 Å². The van der Waals surface area contributed by atoms with Gasteiger partial charge in [-0.25, -0.2) is 9.66 Å². The van der Waals surface area contributed by atoms with Crippen LogP contribution in [0.3, 0.4) is 0 Å². The third-order valence-corrected chi connectivity index (χ3v) is 5.39. The second-order valence-corrected chi connectivity index (χ2v) is 7.20. The summed E-state index contributed by atoms with van der Waals surface area (Å²) in [5, 5.41) is 2.39. The molecule has 0 N–H and O–H groups in total. The Labute approximate surface area is 167 Å². The molecule has 1 aliphatic heterocycles. The molecule has 0 spiro atoms. The molecule has 0 saturated carbocycles. The summed E-state index contributed by atoms with van der Waals surface area (Å²) in [6.07, 6.45) is 0. The average Bonchev–Trinajstić information content (AvgIpc) is 3.49. The largest absolute Gasteiger partial charge is 0.292 e. The maximum absolute atomic E-state index is 13.3. The number of benzene rings is 3. The Morgan fingerprint density at radius 2 is 1.48 bits per heavy atom. The number of aromatic nitrogens is 2. The molecule has 2 atom stereocenters. The standard InChI is InChI=1S/C24H19N3O2/c1-16-25-20-15-9-8-14-19(20)24(29)26(16)27-21(17-10-4-2-5-11-17)22(27)23(28)18-12-6-3-7-13-18/h2-15,21-22H,1H3/t21-,22+,27?/m0/s1. The molecule has 0 bridgehead atoms. The molecule has 1 aliphatic rings. The first-order valence-corrected chi connectivity index (χ1v) is 9.58. The topological polar surface area (TPSA) is 55.0 Å². The van der Waals surface area contributed by atoms with E-state index in [-0.39, 0.29) is 17.4 Å². The van der Waals surface area contributed by atoms with Gasteiger partial charge < -0.3 is 0 Å². The van der Waals surface area contributed by atoms with E-state index in [0.29, 0.717) is 22.3 Å². The van der Waals surface area contributed by atoms with E-state index >= 15 is 0 Å². The van der Waals surface area contributed by atoms with Crippen LogP contribution in [-0.2, 0) is 0 Å². The molecule has 0 amide bonds. The van der Waals surface area contributed by atoms with Crippen LogP contribution in [0.2, 0.25) is 0 Å². The van der Waals surface area contributed by atoms with Crippen LogP contribution >= 0.6 is 0 Å². The van der Waals surface area contributed by atoms with Gasteiger partial charge in [0.1, 0.15) is 17.9 Å². The predicted molar refractivity (Wildman–Crippen MR) is 113 cm³/mol. The number of rotatable bonds is 4. The molecular weight excluding hydrogens is 362 g/mol. The minimum atomic E-state index is -0.445. The molecule has 3 aromatic carbocycles. The molecule has 5 rings (SSSR count). The Bertz CT molecular complexity index is 1270. The van der Waals surface area contributed by atoms with Crippen molar-refractivity contribution in [2.24, 2.45) is 0 Å². The normalized spacial score (nSPS) is 18.0. The highest BCUT2D eigenvalue weighted by Gasteiger charge is 2.55. The minimum absolute atomic E-state index is 0.00101. The number of carbonyl (C=O) groups is 1. The minimum Gasteiger partial charge on any atom is -0.292 e. The van der Waals surface area contributed by atoms with Crippen molar-refractivity contribution in [3.63, 3.8) is 0 Å². The number of para-hydroxylation sites is 1. The number of hydrogen-bond acceptors (Lipinski definition) is 4. The van der Waals surface area contributed by atoms with Crippen LogP contribution < -0.4 is 10.6 Å². The molecule has 2 heterocycles. The Balaban J connectivity index is 1.65. The molecule has 5 heteroatoms. The Morgan fingerprint density at radius 3 is 2.21 bits per heavy atom. The summed E-state index contributed by atoms with van der Waals surface area (Å²) in [6.45, 7) is 1.80. The summed E-state index contributed by atoms with van der Waals surface area (Å²) in [4.78, 5) is 31.2. The molecule has 0 unspecified atom stereocenters. The predicted octanol–water partition coefficient (Wildman–Crippen LogP) is 3.65. The molecular formula is C24H19N3O2. The second-order valence-electron chi connectivity index (χ2n) is 7.20. The van der Waals surface area contributed by atoms with E-state index in [1.54, 1.807) is 17.7 Å². The van der Waals surface area contributed by atoms with Gasteiger partial charge in [-0.2, -0.15) is 0 Å². The number of nitrogens with zero attached hydrogens (tertiary/aromatic N) is 3. The van der Waals surface area contributed by atoms with Crippen molar-refractivity contribution >= 4 is 16.7 Å². The summed E-state index contributed by atoms with van der Waals surface area (Å²) in [7, 11) is 0. The monoisotopic (exact) mass is 381 g/mol. The number of ketones is 1. The van der Waals surface area contributed by atoms with Gasteiger partial charge >= 0.3 is 0 Å². The van der Waals surface area contributed by atoms with Crippen molar-refractivity contribution in [1.82, 2.24) is 9.66 Å². The van der Waals surface area contributed by atoms with Gasteiger partial charge in [0.25, 0.3) is 5.56 Å². The van der Waals surface area contributed by atoms with Gasteiger partial charge in [0.05, 0.1) is 10.9 Å². The first kappa shape index (κ1) is 17.4. The third kappa shape index (κ3) is 2.83. The van der Waals surface area contributed by atoms with E-state index in [9.17, 15) is 9.59 Å². The smallest absolute Gasteiger partial charge is 0.280 e. The number of carbonyl (C=O) groups excluding carboxylic acids is 1. The number of Topliss-reactive ketones (excluding diaryl/α,β-unsaturated/α-hetero) is 1. The SMILES string of the molecule is Cc1nc2ccccc2c(=O)n1N1[C@@H](C(=O)c2ccccc2)[C@@H]1c1ccccc1. The van der Waals surface area contributed by atoms with Crippen LogP contribution in [0.4, 0.5) is 0 Å². The Hall–Kier alpha value is -3.73. The van der Waals surface area contributed by atoms with Gasteiger partial charge in [0.2, 0.25) is 0 Å². The highest BCUT2D eigenvalue weighted by atomic mass is 16.2. The second kappa shape index (κ2) is 6.71. The van der Waals surface area contributed by atoms with Gasteiger partial charge in [0.15, 0.2) is 5.78 Å². The van der Waals surface area contributed by atoms with Crippen LogP contribution in [0.15, 0.2) is 89.7 Å². The van der Waals surface area contributed by atoms with Crippen LogP contribution in [-0.4, -0.2) is 21.5 Å². The van der Waals surface area contributed by atoms with Gasteiger partial charge in [-0.1, -0.05) is 72.8 Å². The first-order chi connectivity index (χ1) is 14.2. The lowest BCUT2D eigenvalue weighted by atomic mass is 10.0. The van der Waals surface area contributed by atoms with E-state index in [2.05, 4.69) is 4.98 Å². The molecule has 1 fully saturated rings. The number of hydrogen-bond donors (Lipinski definition) is 0. The lowest BCUT2D eigenvalue weighted by Crippen LogP contribution is -2.34. The summed E-state index contributed by atoms with van der Waals surface area (Å²) >= 11 is 0. The van der Waals surface area contributed by atoms with Gasteiger partial charge in [-0.15, -0.1) is 0 Å². The summed E-state index contributed by atoms with van der Waals surface area (Å²) in [5.74, 6) is 0.567. The van der Waals surface area contributed by atoms with E-state index in [1.165, 1.54) is 0 Å². The molecule has 1 aromatic heterocycles. The van der Waals surface area contributed by atoms with Gasteiger partial charge in [0, 0.05) is 5.56 Å². The zero-order valence-electron chi connectivity index (χ0n) is 15.9. The van der Waals surface area contributed by atoms with Gasteiger partial charge in [-0.3, -0.25) is 14.6 Å². The Kier molecular flexibility index (Phi) is 4.02. The molecule has 4 aromatic rings. The quantitative estimate of drug-likeness (QED) is 0.400. The molecule has 0 radical (unpaired) electrons. The van der Waals surface area contributed by atoms with Crippen molar-refractivity contribution in [2.75, 3.05) is 5.01 Å². The van der Waals surface area contributed by atoms with Gasteiger partial charge in [-0.05, 0) is 24.6 Å². The van der Waals surface area contributed by atoms with Crippen molar-refractivity contribution in [3.05, 3.63) is 112 Å². The summed E-state index contributed by atoms with van der Waals surface area (Å²) < 4.78 is 1.56. The highest BCUT2D eigenvalue weighted by molar-refractivity contribution is 6.05. The van der Waals surface area contributed by atoms with E-state index in [0.717, 1.165) is 5.56 Å². The van der Waals surface area contributed by atoms with E-state index in [1.807, 2.05) is 83.9 Å². The van der Waals surface area contributed by atoms with E-state index in [4.69, 9.17) is 0 Å². The number of aryl methyl sites for hydroxylation is 1. The summed E-state index contributed by atoms with van der Waals surface area (Å²) in [6, 6.07) is 25.7. The van der Waals surface area contributed by atoms with Crippen LogP contribution in [0.25, 0.3) is 10.9 Å². The molecule has 29 heavy (non-hydrogen) atoms. The molecule has 142 valence electrons. The maximum Gasteiger partial charge on any atom is 0.280 e. The van der Waals surface area contributed by atoms with Crippen LogP contribution in [0.1, 0.15) is 27.8 Å². The fourth-order valence-corrected chi connectivity index (χ4v) is 4.00. The molecule has 0 aliphatic carbocycles. The maximum atomic E-state index is 13.3. The average molecular weight is 381 g/mol. The fraction of sp³-hybridized carbons (Fsp3) is 0.125. The Morgan fingerprint density at radius 1 is 0.862 bits per heavy atom. The lowest BCUT2D eigenvalue weighted by Gasteiger charge is -2.14. The van der Waals surface area contributed by atoms with Crippen molar-refractivity contribution in [2.45, 2.75) is 19.0 Å². The zero-order valence-corrected chi connectivity index (χ0v) is 15.9. The third-order valence-electron chi connectivity index (χ3n) is 5.39. The van der Waals surface area contributed by atoms with Crippen molar-refractivity contribution < 1.29 is 4.79 Å². The zero-order chi connectivity index (χ0) is 20.0.